The minimum absolute atomic E-state index is 0.0113. The van der Waals surface area contributed by atoms with E-state index in [1.807, 2.05) is 31.5 Å². The third kappa shape index (κ3) is 2.41. The third-order valence-electron chi connectivity index (χ3n) is 3.53. The second kappa shape index (κ2) is 4.91. The summed E-state index contributed by atoms with van der Waals surface area (Å²) in [6.45, 7) is 6.17. The van der Waals surface area contributed by atoms with Crippen molar-refractivity contribution in [2.24, 2.45) is 0 Å². The van der Waals surface area contributed by atoms with Gasteiger partial charge in [0.25, 0.3) is 5.69 Å². The van der Waals surface area contributed by atoms with Crippen molar-refractivity contribution in [1.29, 1.82) is 0 Å². The first-order chi connectivity index (χ1) is 8.97. The molecule has 1 aliphatic rings. The van der Waals surface area contributed by atoms with Crippen molar-refractivity contribution in [1.82, 2.24) is 10.2 Å². The smallest absolute Gasteiger partial charge is 0.274 e. The van der Waals surface area contributed by atoms with Gasteiger partial charge < -0.3 is 10.2 Å². The topological polar surface area (TPSA) is 58.4 Å². The molecule has 0 radical (unpaired) electrons. The Bertz CT molecular complexity index is 511. The zero-order chi connectivity index (χ0) is 14.0. The van der Waals surface area contributed by atoms with E-state index in [2.05, 4.69) is 24.1 Å². The molecule has 1 aromatic rings. The Morgan fingerprint density at radius 1 is 1.42 bits per heavy atom. The van der Waals surface area contributed by atoms with E-state index in [4.69, 9.17) is 0 Å². The van der Waals surface area contributed by atoms with Crippen molar-refractivity contribution in [3.63, 3.8) is 0 Å². The van der Waals surface area contributed by atoms with Gasteiger partial charge in [-0.25, -0.2) is 0 Å². The highest BCUT2D eigenvalue weighted by atomic mass is 16.6. The Labute approximate surface area is 113 Å². The average Bonchev–Trinajstić information content (AvgIpc) is 2.71. The molecule has 0 amide bonds. The zero-order valence-electron chi connectivity index (χ0n) is 11.5. The molecule has 19 heavy (non-hydrogen) atoms. The Morgan fingerprint density at radius 2 is 2.11 bits per heavy atom. The van der Waals surface area contributed by atoms with Gasteiger partial charge in [-0.15, -0.1) is 0 Å². The van der Waals surface area contributed by atoms with E-state index in [9.17, 15) is 10.1 Å². The van der Waals surface area contributed by atoms with Crippen LogP contribution in [0.3, 0.4) is 0 Å². The van der Waals surface area contributed by atoms with Crippen molar-refractivity contribution in [2.45, 2.75) is 38.9 Å². The van der Waals surface area contributed by atoms with Crippen molar-refractivity contribution in [3.05, 3.63) is 52.3 Å². The van der Waals surface area contributed by atoms with Crippen molar-refractivity contribution >= 4 is 5.69 Å². The van der Waals surface area contributed by atoms with Gasteiger partial charge in [0.1, 0.15) is 5.66 Å². The molecule has 1 heterocycles. The van der Waals surface area contributed by atoms with E-state index in [1.165, 1.54) is 0 Å². The quantitative estimate of drug-likeness (QED) is 0.668. The SMILES string of the molecule is CC[C@H](c1ccccc1[N+](=O)[O-])N1C=CNC1(C)C. The molecule has 0 spiro atoms. The minimum atomic E-state index is -0.307. The highest BCUT2D eigenvalue weighted by Crippen LogP contribution is 2.36. The molecule has 0 aromatic heterocycles. The van der Waals surface area contributed by atoms with Gasteiger partial charge in [-0.2, -0.15) is 0 Å². The van der Waals surface area contributed by atoms with Crippen molar-refractivity contribution in [2.75, 3.05) is 0 Å². The van der Waals surface area contributed by atoms with Crippen LogP contribution in [0.25, 0.3) is 0 Å². The summed E-state index contributed by atoms with van der Waals surface area (Å²) in [5, 5.41) is 14.4. The fourth-order valence-electron chi connectivity index (χ4n) is 2.58. The Kier molecular flexibility index (Phi) is 3.46. The predicted molar refractivity (Wildman–Crippen MR) is 74.3 cm³/mol. The molecule has 1 aromatic carbocycles. The summed E-state index contributed by atoms with van der Waals surface area (Å²) >= 11 is 0. The first-order valence-electron chi connectivity index (χ1n) is 6.43. The summed E-state index contributed by atoms with van der Waals surface area (Å²) in [5.74, 6) is 0. The number of nitrogens with one attached hydrogen (secondary N) is 1. The minimum Gasteiger partial charge on any atom is -0.368 e. The number of nitro groups is 1. The average molecular weight is 261 g/mol. The van der Waals surface area contributed by atoms with Crippen LogP contribution in [-0.2, 0) is 0 Å². The fourth-order valence-corrected chi connectivity index (χ4v) is 2.58. The van der Waals surface area contributed by atoms with E-state index in [-0.39, 0.29) is 22.3 Å². The molecular formula is C14H19N3O2. The largest absolute Gasteiger partial charge is 0.368 e. The Balaban J connectivity index is 2.43. The summed E-state index contributed by atoms with van der Waals surface area (Å²) in [7, 11) is 0. The normalized spacial score (nSPS) is 18.2. The van der Waals surface area contributed by atoms with Gasteiger partial charge in [-0.1, -0.05) is 25.1 Å². The number of nitro benzene ring substituents is 1. The maximum atomic E-state index is 11.2. The van der Waals surface area contributed by atoms with Crippen LogP contribution in [0.5, 0.6) is 0 Å². The van der Waals surface area contributed by atoms with E-state index in [0.717, 1.165) is 12.0 Å². The second-order valence-electron chi connectivity index (χ2n) is 5.17. The number of hydrogen-bond acceptors (Lipinski definition) is 4. The van der Waals surface area contributed by atoms with Crippen molar-refractivity contribution in [3.8, 4) is 0 Å². The van der Waals surface area contributed by atoms with Crippen LogP contribution >= 0.6 is 0 Å². The van der Waals surface area contributed by atoms with Gasteiger partial charge in [-0.3, -0.25) is 10.1 Å². The lowest BCUT2D eigenvalue weighted by Crippen LogP contribution is -2.47. The summed E-state index contributed by atoms with van der Waals surface area (Å²) in [5.41, 5.74) is 0.714. The molecule has 1 N–H and O–H groups in total. The molecule has 5 heteroatoms. The predicted octanol–water partition coefficient (Wildman–Crippen LogP) is 3.16. The molecule has 0 unspecified atom stereocenters. The molecule has 0 bridgehead atoms. The van der Waals surface area contributed by atoms with E-state index in [0.29, 0.717) is 0 Å². The molecule has 0 fully saturated rings. The van der Waals surface area contributed by atoms with Gasteiger partial charge in [0, 0.05) is 18.5 Å². The lowest BCUT2D eigenvalue weighted by Gasteiger charge is -2.39. The molecule has 0 aliphatic carbocycles. The standard InChI is InChI=1S/C14H19N3O2/c1-4-12(16-10-9-15-14(16,2)3)11-7-5-6-8-13(11)17(18)19/h5-10,12,15H,4H2,1-3H3/t12-/m1/s1. The maximum Gasteiger partial charge on any atom is 0.274 e. The number of benzene rings is 1. The Morgan fingerprint density at radius 3 is 2.63 bits per heavy atom. The van der Waals surface area contributed by atoms with E-state index in [1.54, 1.807) is 12.1 Å². The summed E-state index contributed by atoms with van der Waals surface area (Å²) in [6.07, 6.45) is 4.66. The number of hydrogen-bond donors (Lipinski definition) is 1. The first-order valence-corrected chi connectivity index (χ1v) is 6.43. The molecule has 1 atom stereocenters. The maximum absolute atomic E-state index is 11.2. The highest BCUT2D eigenvalue weighted by molar-refractivity contribution is 5.42. The molecule has 5 nitrogen and oxygen atoms in total. The van der Waals surface area contributed by atoms with Crippen LogP contribution in [0.1, 0.15) is 38.8 Å². The van der Waals surface area contributed by atoms with Gasteiger partial charge in [0.2, 0.25) is 0 Å². The third-order valence-corrected chi connectivity index (χ3v) is 3.53. The van der Waals surface area contributed by atoms with Gasteiger partial charge >= 0.3 is 0 Å². The van der Waals surface area contributed by atoms with Crippen LogP contribution in [0.15, 0.2) is 36.7 Å². The Hall–Kier alpha value is -2.04. The van der Waals surface area contributed by atoms with Crippen LogP contribution in [-0.4, -0.2) is 15.5 Å². The highest BCUT2D eigenvalue weighted by Gasteiger charge is 2.35. The number of rotatable bonds is 4. The monoisotopic (exact) mass is 261 g/mol. The van der Waals surface area contributed by atoms with Gasteiger partial charge in [0.05, 0.1) is 16.5 Å². The zero-order valence-corrected chi connectivity index (χ0v) is 11.5. The molecule has 0 saturated heterocycles. The molecule has 102 valence electrons. The fraction of sp³-hybridized carbons (Fsp3) is 0.429. The van der Waals surface area contributed by atoms with Gasteiger partial charge in [-0.05, 0) is 20.3 Å². The van der Waals surface area contributed by atoms with E-state index >= 15 is 0 Å². The molecule has 0 saturated carbocycles. The van der Waals surface area contributed by atoms with Crippen LogP contribution in [0.4, 0.5) is 5.69 Å². The van der Waals surface area contributed by atoms with Gasteiger partial charge in [0.15, 0.2) is 0 Å². The summed E-state index contributed by atoms with van der Waals surface area (Å²) < 4.78 is 0. The summed E-state index contributed by atoms with van der Waals surface area (Å²) in [6, 6.07) is 6.96. The lowest BCUT2D eigenvalue weighted by atomic mass is 9.99. The van der Waals surface area contributed by atoms with Crippen LogP contribution < -0.4 is 5.32 Å². The van der Waals surface area contributed by atoms with E-state index < -0.39 is 0 Å². The molecule has 1 aliphatic heterocycles. The number of para-hydroxylation sites is 1. The summed E-state index contributed by atoms with van der Waals surface area (Å²) in [4.78, 5) is 13.0. The van der Waals surface area contributed by atoms with Crippen molar-refractivity contribution < 1.29 is 4.92 Å². The molecule has 2 rings (SSSR count). The lowest BCUT2D eigenvalue weighted by molar-refractivity contribution is -0.386. The first kappa shape index (κ1) is 13.4. The van der Waals surface area contributed by atoms with Crippen LogP contribution in [0, 0.1) is 10.1 Å². The number of nitrogens with zero attached hydrogens (tertiary/aromatic N) is 2. The molecular weight excluding hydrogens is 242 g/mol. The van der Waals surface area contributed by atoms with Crippen LogP contribution in [0.2, 0.25) is 0 Å². The second-order valence-corrected chi connectivity index (χ2v) is 5.17.